The van der Waals surface area contributed by atoms with Gasteiger partial charge in [-0.25, -0.2) is 9.78 Å². The highest BCUT2D eigenvalue weighted by molar-refractivity contribution is 8.00. The number of carbonyl (C=O) groups is 3. The van der Waals surface area contributed by atoms with Crippen LogP contribution >= 0.6 is 23.1 Å². The summed E-state index contributed by atoms with van der Waals surface area (Å²) < 4.78 is 0.871. The molecular weight excluding hydrogens is 434 g/mol. The van der Waals surface area contributed by atoms with Crippen LogP contribution in [0.3, 0.4) is 0 Å². The molecule has 2 aromatic rings. The van der Waals surface area contributed by atoms with Crippen molar-refractivity contribution in [3.63, 3.8) is 0 Å². The van der Waals surface area contributed by atoms with Crippen molar-refractivity contribution >= 4 is 40.9 Å². The topological polar surface area (TPSA) is 95.5 Å². The number of carbonyl (C=O) groups excluding carboxylic acids is 3. The van der Waals surface area contributed by atoms with Gasteiger partial charge in [0.2, 0.25) is 0 Å². The first-order valence-electron chi connectivity index (χ1n) is 10.3. The number of aromatic nitrogens is 2. The number of likely N-dealkylation sites (tertiary alicyclic amines) is 1. The summed E-state index contributed by atoms with van der Waals surface area (Å²) in [5.41, 5.74) is 0.226. The quantitative estimate of drug-likeness (QED) is 0.527. The lowest BCUT2D eigenvalue weighted by atomic mass is 9.75. The standard InChI is InChI=1S/C21H25N5O3S2/c1-3-21(18(28)26(19(29)24-21)12-15-6-4-5-9-22-15)14-7-10-25(11-8-14)17(27)16-13-31-20(23-16)30-2/h4-6,9,13-14H,3,7-8,10-12H2,1-2H3,(H,24,29)/t21-/m1/s1. The Morgan fingerprint density at radius 3 is 2.71 bits per heavy atom. The highest BCUT2D eigenvalue weighted by Gasteiger charge is 2.55. The summed E-state index contributed by atoms with van der Waals surface area (Å²) in [6.45, 7) is 3.17. The molecule has 2 saturated heterocycles. The molecule has 1 atom stereocenters. The first kappa shape index (κ1) is 21.8. The Balaban J connectivity index is 1.44. The van der Waals surface area contributed by atoms with Crippen LogP contribution in [0.1, 0.15) is 42.4 Å². The van der Waals surface area contributed by atoms with Crippen LogP contribution in [0.2, 0.25) is 0 Å². The number of piperidine rings is 1. The maximum absolute atomic E-state index is 13.4. The molecule has 0 saturated carbocycles. The van der Waals surface area contributed by atoms with E-state index in [4.69, 9.17) is 0 Å². The molecule has 2 aliphatic rings. The van der Waals surface area contributed by atoms with Crippen molar-refractivity contribution in [3.05, 3.63) is 41.2 Å². The zero-order chi connectivity index (χ0) is 22.0. The zero-order valence-electron chi connectivity index (χ0n) is 17.5. The monoisotopic (exact) mass is 459 g/mol. The third kappa shape index (κ3) is 4.06. The lowest BCUT2D eigenvalue weighted by Crippen LogP contribution is -2.56. The van der Waals surface area contributed by atoms with Gasteiger partial charge in [0.05, 0.1) is 12.2 Å². The Morgan fingerprint density at radius 1 is 1.32 bits per heavy atom. The van der Waals surface area contributed by atoms with E-state index in [1.165, 1.54) is 28.0 Å². The van der Waals surface area contributed by atoms with E-state index in [9.17, 15) is 14.4 Å². The Kier molecular flexibility index (Phi) is 6.29. The molecule has 0 bridgehead atoms. The van der Waals surface area contributed by atoms with Gasteiger partial charge in [-0.2, -0.15) is 0 Å². The van der Waals surface area contributed by atoms with Crippen LogP contribution < -0.4 is 5.32 Å². The third-order valence-electron chi connectivity index (χ3n) is 6.16. The fourth-order valence-corrected chi connectivity index (χ4v) is 5.67. The van der Waals surface area contributed by atoms with Crippen LogP contribution in [-0.4, -0.2) is 62.5 Å². The summed E-state index contributed by atoms with van der Waals surface area (Å²) in [6.07, 6.45) is 5.41. The zero-order valence-corrected chi connectivity index (χ0v) is 19.2. The maximum atomic E-state index is 13.4. The average Bonchev–Trinajstić information content (AvgIpc) is 3.38. The first-order valence-corrected chi connectivity index (χ1v) is 12.4. The van der Waals surface area contributed by atoms with E-state index in [1.54, 1.807) is 28.6 Å². The molecule has 4 heterocycles. The van der Waals surface area contributed by atoms with Crippen molar-refractivity contribution in [1.82, 2.24) is 25.1 Å². The highest BCUT2D eigenvalue weighted by Crippen LogP contribution is 2.37. The Bertz CT molecular complexity index is 974. The number of hydrogen-bond donors (Lipinski definition) is 1. The van der Waals surface area contributed by atoms with E-state index < -0.39 is 5.54 Å². The summed E-state index contributed by atoms with van der Waals surface area (Å²) in [5.74, 6) is -0.289. The van der Waals surface area contributed by atoms with E-state index >= 15 is 0 Å². The Labute approximate surface area is 189 Å². The maximum Gasteiger partial charge on any atom is 0.325 e. The predicted octanol–water partition coefficient (Wildman–Crippen LogP) is 3.01. The molecule has 10 heteroatoms. The van der Waals surface area contributed by atoms with Gasteiger partial charge in [-0.3, -0.25) is 19.5 Å². The van der Waals surface area contributed by atoms with Crippen LogP contribution in [0.5, 0.6) is 0 Å². The summed E-state index contributed by atoms with van der Waals surface area (Å²) in [4.78, 5) is 50.5. The van der Waals surface area contributed by atoms with E-state index in [1.807, 2.05) is 19.2 Å². The molecule has 2 aromatic heterocycles. The van der Waals surface area contributed by atoms with Gasteiger partial charge in [-0.15, -0.1) is 11.3 Å². The Morgan fingerprint density at radius 2 is 2.10 bits per heavy atom. The van der Waals surface area contributed by atoms with E-state index in [0.717, 1.165) is 4.34 Å². The number of rotatable bonds is 6. The number of thioether (sulfide) groups is 1. The number of pyridine rings is 1. The van der Waals surface area contributed by atoms with Gasteiger partial charge in [-0.05, 0) is 43.6 Å². The minimum Gasteiger partial charge on any atom is -0.337 e. The second kappa shape index (κ2) is 8.96. The fraction of sp³-hybridized carbons (Fsp3) is 0.476. The number of amides is 4. The van der Waals surface area contributed by atoms with E-state index in [0.29, 0.717) is 43.7 Å². The van der Waals surface area contributed by atoms with Gasteiger partial charge >= 0.3 is 6.03 Å². The lowest BCUT2D eigenvalue weighted by molar-refractivity contribution is -0.134. The molecule has 8 nitrogen and oxygen atoms in total. The van der Waals surface area contributed by atoms with Crippen molar-refractivity contribution in [2.45, 2.75) is 42.6 Å². The number of nitrogens with one attached hydrogen (secondary N) is 1. The molecule has 0 unspecified atom stereocenters. The normalized spacial score (nSPS) is 22.1. The lowest BCUT2D eigenvalue weighted by Gasteiger charge is -2.40. The number of imide groups is 1. The third-order valence-corrected chi connectivity index (χ3v) is 8.03. The van der Waals surface area contributed by atoms with Gasteiger partial charge in [0, 0.05) is 24.7 Å². The van der Waals surface area contributed by atoms with Crippen molar-refractivity contribution in [1.29, 1.82) is 0 Å². The molecule has 2 aliphatic heterocycles. The number of nitrogens with zero attached hydrogens (tertiary/aromatic N) is 4. The predicted molar refractivity (Wildman–Crippen MR) is 119 cm³/mol. The fourth-order valence-electron chi connectivity index (χ4n) is 4.43. The molecule has 164 valence electrons. The number of urea groups is 1. The molecule has 4 amide bonds. The number of thiazole rings is 1. The molecule has 2 fully saturated rings. The van der Waals surface area contributed by atoms with Gasteiger partial charge in [0.1, 0.15) is 15.6 Å². The summed E-state index contributed by atoms with van der Waals surface area (Å²) in [6, 6.07) is 5.07. The molecular formula is C21H25N5O3S2. The number of hydrogen-bond acceptors (Lipinski definition) is 7. The molecule has 4 rings (SSSR count). The van der Waals surface area contributed by atoms with Crippen LogP contribution in [0.15, 0.2) is 34.1 Å². The highest BCUT2D eigenvalue weighted by atomic mass is 32.2. The molecule has 0 aromatic carbocycles. The molecule has 0 radical (unpaired) electrons. The van der Waals surface area contributed by atoms with Crippen LogP contribution in [0.4, 0.5) is 4.79 Å². The van der Waals surface area contributed by atoms with Crippen molar-refractivity contribution in [2.75, 3.05) is 19.3 Å². The van der Waals surface area contributed by atoms with E-state index in [2.05, 4.69) is 15.3 Å². The van der Waals surface area contributed by atoms with Gasteiger partial charge in [0.25, 0.3) is 11.8 Å². The summed E-state index contributed by atoms with van der Waals surface area (Å²) >= 11 is 2.99. The molecule has 0 aliphatic carbocycles. The van der Waals surface area contributed by atoms with Crippen LogP contribution in [-0.2, 0) is 11.3 Å². The first-order chi connectivity index (χ1) is 15.0. The van der Waals surface area contributed by atoms with Crippen LogP contribution in [0.25, 0.3) is 0 Å². The second-order valence-corrected chi connectivity index (χ2v) is 9.65. The van der Waals surface area contributed by atoms with Gasteiger partial charge in [-0.1, -0.05) is 24.8 Å². The Hall–Kier alpha value is -2.46. The van der Waals surface area contributed by atoms with E-state index in [-0.39, 0.29) is 30.3 Å². The average molecular weight is 460 g/mol. The van der Waals surface area contributed by atoms with Crippen LogP contribution in [0, 0.1) is 5.92 Å². The molecule has 1 N–H and O–H groups in total. The summed E-state index contributed by atoms with van der Waals surface area (Å²) in [7, 11) is 0. The minimum atomic E-state index is -0.923. The molecule has 31 heavy (non-hydrogen) atoms. The van der Waals surface area contributed by atoms with Gasteiger partial charge in [0.15, 0.2) is 0 Å². The largest absolute Gasteiger partial charge is 0.337 e. The van der Waals surface area contributed by atoms with Crippen molar-refractivity contribution in [2.24, 2.45) is 5.92 Å². The SMILES string of the molecule is CC[C@]1(C2CCN(C(=O)c3csc(SC)n3)CC2)NC(=O)N(Cc2ccccn2)C1=O. The molecule has 0 spiro atoms. The van der Waals surface area contributed by atoms with Crippen molar-refractivity contribution < 1.29 is 14.4 Å². The second-order valence-electron chi connectivity index (χ2n) is 7.74. The van der Waals surface area contributed by atoms with Crippen molar-refractivity contribution in [3.8, 4) is 0 Å². The minimum absolute atomic E-state index is 0.0241. The summed E-state index contributed by atoms with van der Waals surface area (Å²) in [5, 5.41) is 4.78. The smallest absolute Gasteiger partial charge is 0.325 e. The van der Waals surface area contributed by atoms with Gasteiger partial charge < -0.3 is 10.2 Å².